The second-order valence-corrected chi connectivity index (χ2v) is 7.02. The Bertz CT molecular complexity index is 475. The van der Waals surface area contributed by atoms with Crippen LogP contribution in [0.5, 0.6) is 0 Å². The number of carbonyl (C=O) groups excluding carboxylic acids is 1. The molecule has 4 heteroatoms. The molecule has 2 rings (SSSR count). The summed E-state index contributed by atoms with van der Waals surface area (Å²) in [4.78, 5) is 16.1. The lowest BCUT2D eigenvalue weighted by Crippen LogP contribution is -2.33. The number of carbonyl (C=O) groups is 1. The fourth-order valence-electron chi connectivity index (χ4n) is 3.02. The van der Waals surface area contributed by atoms with E-state index in [1.165, 1.54) is 16.9 Å². The number of amides is 1. The monoisotopic (exact) mass is 294 g/mol. The molecule has 1 aliphatic carbocycles. The van der Waals surface area contributed by atoms with Gasteiger partial charge in [0.15, 0.2) is 0 Å². The molecule has 1 unspecified atom stereocenters. The van der Waals surface area contributed by atoms with E-state index in [4.69, 9.17) is 5.73 Å². The van der Waals surface area contributed by atoms with Gasteiger partial charge < -0.3 is 10.6 Å². The summed E-state index contributed by atoms with van der Waals surface area (Å²) in [6, 6.07) is 0. The zero-order chi connectivity index (χ0) is 14.7. The van der Waals surface area contributed by atoms with Crippen molar-refractivity contribution < 1.29 is 4.79 Å². The summed E-state index contributed by atoms with van der Waals surface area (Å²) < 4.78 is 0. The number of nitrogens with two attached hydrogens (primary N) is 1. The lowest BCUT2D eigenvalue weighted by Gasteiger charge is -2.24. The van der Waals surface area contributed by atoms with Gasteiger partial charge in [-0.15, -0.1) is 11.3 Å². The first kappa shape index (κ1) is 15.4. The number of nitrogens with zero attached hydrogens (tertiary/aromatic N) is 1. The van der Waals surface area contributed by atoms with Crippen molar-refractivity contribution in [3.63, 3.8) is 0 Å². The van der Waals surface area contributed by atoms with Crippen LogP contribution in [0.25, 0.3) is 0 Å². The minimum Gasteiger partial charge on any atom is -0.390 e. The van der Waals surface area contributed by atoms with Gasteiger partial charge in [0.2, 0.25) is 0 Å². The topological polar surface area (TPSA) is 46.3 Å². The van der Waals surface area contributed by atoms with Gasteiger partial charge in [-0.2, -0.15) is 0 Å². The van der Waals surface area contributed by atoms with E-state index in [1.807, 2.05) is 4.90 Å². The molecule has 0 spiro atoms. The minimum absolute atomic E-state index is 0.151. The normalized spacial score (nSPS) is 17.9. The zero-order valence-corrected chi connectivity index (χ0v) is 13.7. The van der Waals surface area contributed by atoms with Crippen molar-refractivity contribution in [3.05, 3.63) is 16.0 Å². The second kappa shape index (κ2) is 6.61. The molecule has 3 nitrogen and oxygen atoms in total. The molecule has 1 aliphatic rings. The van der Waals surface area contributed by atoms with Crippen molar-refractivity contribution in [2.45, 2.75) is 52.9 Å². The number of hydrogen-bond acceptors (Lipinski definition) is 3. The highest BCUT2D eigenvalue weighted by atomic mass is 32.1. The molecular weight excluding hydrogens is 268 g/mol. The van der Waals surface area contributed by atoms with Gasteiger partial charge in [0.1, 0.15) is 0 Å². The van der Waals surface area contributed by atoms with Gasteiger partial charge in [-0.05, 0) is 43.6 Å². The highest BCUT2D eigenvalue weighted by molar-refractivity contribution is 7.16. The lowest BCUT2D eigenvalue weighted by atomic mass is 9.88. The van der Waals surface area contributed by atoms with Crippen LogP contribution < -0.4 is 5.73 Å². The molecule has 2 N–H and O–H groups in total. The van der Waals surface area contributed by atoms with Crippen LogP contribution in [-0.2, 0) is 12.8 Å². The maximum atomic E-state index is 12.8. The molecule has 1 aromatic heterocycles. The molecule has 1 amide bonds. The molecule has 0 fully saturated rings. The van der Waals surface area contributed by atoms with Crippen LogP contribution in [0, 0.1) is 5.92 Å². The fourth-order valence-corrected chi connectivity index (χ4v) is 4.29. The minimum atomic E-state index is 0.151. The number of thiophene rings is 1. The van der Waals surface area contributed by atoms with Gasteiger partial charge in [-0.1, -0.05) is 20.8 Å². The first-order valence-electron chi connectivity index (χ1n) is 7.77. The Morgan fingerprint density at radius 3 is 2.60 bits per heavy atom. The number of fused-ring (bicyclic) bond motifs is 1. The van der Waals surface area contributed by atoms with Gasteiger partial charge in [0.05, 0.1) is 10.6 Å². The van der Waals surface area contributed by atoms with E-state index in [-0.39, 0.29) is 5.91 Å². The Balaban J connectivity index is 2.29. The van der Waals surface area contributed by atoms with Gasteiger partial charge in [0, 0.05) is 18.0 Å². The molecule has 0 bridgehead atoms. The molecule has 1 heterocycles. The van der Waals surface area contributed by atoms with Crippen molar-refractivity contribution >= 4 is 22.2 Å². The molecule has 112 valence electrons. The van der Waals surface area contributed by atoms with Crippen molar-refractivity contribution in [1.29, 1.82) is 0 Å². The van der Waals surface area contributed by atoms with Gasteiger partial charge in [-0.25, -0.2) is 0 Å². The average Bonchev–Trinajstić information content (AvgIpc) is 2.72. The fraction of sp³-hybridized carbons (Fsp3) is 0.688. The van der Waals surface area contributed by atoms with Crippen LogP contribution in [0.4, 0.5) is 5.00 Å². The average molecular weight is 294 g/mol. The number of nitrogen functional groups attached to an aromatic ring is 1. The summed E-state index contributed by atoms with van der Waals surface area (Å²) in [5.74, 6) is 0.865. The van der Waals surface area contributed by atoms with E-state index in [0.29, 0.717) is 5.92 Å². The van der Waals surface area contributed by atoms with Crippen LogP contribution >= 0.6 is 11.3 Å². The molecule has 0 saturated carbocycles. The predicted molar refractivity (Wildman–Crippen MR) is 86.4 cm³/mol. The van der Waals surface area contributed by atoms with Crippen molar-refractivity contribution in [1.82, 2.24) is 4.90 Å². The molecule has 1 aromatic rings. The van der Waals surface area contributed by atoms with Crippen LogP contribution in [-0.4, -0.2) is 23.9 Å². The first-order valence-corrected chi connectivity index (χ1v) is 8.59. The van der Waals surface area contributed by atoms with E-state index in [9.17, 15) is 4.79 Å². The van der Waals surface area contributed by atoms with Gasteiger partial charge >= 0.3 is 0 Å². The summed E-state index contributed by atoms with van der Waals surface area (Å²) in [7, 11) is 0. The third-order valence-corrected chi connectivity index (χ3v) is 5.11. The number of anilines is 1. The summed E-state index contributed by atoms with van der Waals surface area (Å²) in [5, 5.41) is 0.728. The van der Waals surface area contributed by atoms with E-state index in [2.05, 4.69) is 20.8 Å². The van der Waals surface area contributed by atoms with Crippen LogP contribution in [0.1, 0.15) is 60.8 Å². The van der Waals surface area contributed by atoms with E-state index in [0.717, 1.165) is 49.3 Å². The SMILES string of the molecule is CCCN(CCC)C(=O)c1c(N)sc2c1CCC(C)C2. The smallest absolute Gasteiger partial charge is 0.257 e. The second-order valence-electron chi connectivity index (χ2n) is 5.88. The summed E-state index contributed by atoms with van der Waals surface area (Å²) in [5.41, 5.74) is 8.23. The molecule has 0 saturated heterocycles. The molecule has 0 aromatic carbocycles. The third kappa shape index (κ3) is 3.00. The molecule has 20 heavy (non-hydrogen) atoms. The van der Waals surface area contributed by atoms with Crippen LogP contribution in [0.2, 0.25) is 0 Å². The van der Waals surface area contributed by atoms with Gasteiger partial charge in [0.25, 0.3) is 5.91 Å². The quantitative estimate of drug-likeness (QED) is 0.899. The lowest BCUT2D eigenvalue weighted by molar-refractivity contribution is 0.0755. The van der Waals surface area contributed by atoms with E-state index >= 15 is 0 Å². The van der Waals surface area contributed by atoms with E-state index < -0.39 is 0 Å². The Morgan fingerprint density at radius 2 is 2.00 bits per heavy atom. The zero-order valence-electron chi connectivity index (χ0n) is 12.9. The van der Waals surface area contributed by atoms with Crippen molar-refractivity contribution in [2.24, 2.45) is 5.92 Å². The molecule has 0 radical (unpaired) electrons. The number of rotatable bonds is 5. The van der Waals surface area contributed by atoms with Gasteiger partial charge in [-0.3, -0.25) is 4.79 Å². The molecule has 1 atom stereocenters. The first-order chi connectivity index (χ1) is 9.58. The highest BCUT2D eigenvalue weighted by Gasteiger charge is 2.28. The van der Waals surface area contributed by atoms with Crippen LogP contribution in [0.15, 0.2) is 0 Å². The molecule has 0 aliphatic heterocycles. The summed E-state index contributed by atoms with van der Waals surface area (Å²) >= 11 is 1.63. The Morgan fingerprint density at radius 1 is 1.35 bits per heavy atom. The Hall–Kier alpha value is -1.03. The summed E-state index contributed by atoms with van der Waals surface area (Å²) in [6.07, 6.45) is 5.26. The standard InChI is InChI=1S/C16H26N2OS/c1-4-8-18(9-5-2)16(19)14-12-7-6-11(3)10-13(12)20-15(14)17/h11H,4-10,17H2,1-3H3. The largest absolute Gasteiger partial charge is 0.390 e. The predicted octanol–water partition coefficient (Wildman–Crippen LogP) is 3.72. The number of hydrogen-bond donors (Lipinski definition) is 1. The van der Waals surface area contributed by atoms with Crippen molar-refractivity contribution in [3.8, 4) is 0 Å². The maximum Gasteiger partial charge on any atom is 0.257 e. The summed E-state index contributed by atoms with van der Waals surface area (Å²) in [6.45, 7) is 8.16. The van der Waals surface area contributed by atoms with E-state index in [1.54, 1.807) is 11.3 Å². The Kier molecular flexibility index (Phi) is 5.08. The maximum absolute atomic E-state index is 12.8. The molecular formula is C16H26N2OS. The third-order valence-electron chi connectivity index (χ3n) is 4.03. The highest BCUT2D eigenvalue weighted by Crippen LogP contribution is 2.38. The van der Waals surface area contributed by atoms with Crippen molar-refractivity contribution in [2.75, 3.05) is 18.8 Å². The Labute approximate surface area is 126 Å². The van der Waals surface area contributed by atoms with Crippen LogP contribution in [0.3, 0.4) is 0 Å².